The number of nitrogens with zero attached hydrogens (tertiary/aromatic N) is 4. The van der Waals surface area contributed by atoms with E-state index >= 15 is 0 Å². The van der Waals surface area contributed by atoms with Crippen LogP contribution in [0.2, 0.25) is 5.02 Å². The van der Waals surface area contributed by atoms with E-state index in [1.807, 2.05) is 30.6 Å². The van der Waals surface area contributed by atoms with E-state index in [-0.39, 0.29) is 5.82 Å². The lowest BCUT2D eigenvalue weighted by Gasteiger charge is -2.34. The topological polar surface area (TPSA) is 32.3 Å². The lowest BCUT2D eigenvalue weighted by molar-refractivity contribution is 0.248. The summed E-state index contributed by atoms with van der Waals surface area (Å²) >= 11 is 6.15. The summed E-state index contributed by atoms with van der Waals surface area (Å²) in [7, 11) is 0. The second-order valence-electron chi connectivity index (χ2n) is 7.05. The molecule has 0 bridgehead atoms. The monoisotopic (exact) mass is 396 g/mol. The van der Waals surface area contributed by atoms with Crippen LogP contribution in [-0.4, -0.2) is 41.0 Å². The average Bonchev–Trinajstić information content (AvgIpc) is 2.72. The molecule has 28 heavy (non-hydrogen) atoms. The minimum Gasteiger partial charge on any atom is -0.338 e. The molecule has 0 unspecified atom stereocenters. The fourth-order valence-electron chi connectivity index (χ4n) is 3.43. The van der Waals surface area contributed by atoms with E-state index in [1.54, 1.807) is 6.07 Å². The maximum absolute atomic E-state index is 13.2. The van der Waals surface area contributed by atoms with E-state index in [1.165, 1.54) is 17.7 Å². The molecule has 1 aliphatic rings. The predicted molar refractivity (Wildman–Crippen MR) is 110 cm³/mol. The predicted octanol–water partition coefficient (Wildman–Crippen LogP) is 4.18. The van der Waals surface area contributed by atoms with Gasteiger partial charge >= 0.3 is 0 Å². The molecule has 6 heteroatoms. The molecule has 0 saturated carbocycles. The molecule has 3 aromatic rings. The van der Waals surface area contributed by atoms with Crippen molar-refractivity contribution in [3.8, 4) is 0 Å². The third-order valence-electron chi connectivity index (χ3n) is 5.01. The van der Waals surface area contributed by atoms with E-state index in [4.69, 9.17) is 11.6 Å². The van der Waals surface area contributed by atoms with Gasteiger partial charge < -0.3 is 4.90 Å². The zero-order chi connectivity index (χ0) is 19.3. The first-order chi connectivity index (χ1) is 13.7. The van der Waals surface area contributed by atoms with Crippen LogP contribution in [0.5, 0.6) is 0 Å². The molecule has 1 aromatic heterocycles. The third-order valence-corrected chi connectivity index (χ3v) is 5.36. The first-order valence-electron chi connectivity index (χ1n) is 9.43. The molecule has 2 aromatic carbocycles. The maximum Gasteiger partial charge on any atom is 0.225 e. The standard InChI is InChI=1S/C22H22ClFN4/c23-21-13-20(24)7-6-19(21)16-27-8-10-28(11-9-27)22-25-14-18(15-26-22)12-17-4-2-1-3-5-17/h1-7,13-15H,8-12,16H2. The van der Waals surface area contributed by atoms with Crippen molar-refractivity contribution >= 4 is 17.5 Å². The van der Waals surface area contributed by atoms with Gasteiger partial charge in [0.25, 0.3) is 0 Å². The zero-order valence-electron chi connectivity index (χ0n) is 15.6. The number of piperazine rings is 1. The molecule has 144 valence electrons. The lowest BCUT2D eigenvalue weighted by atomic mass is 10.1. The van der Waals surface area contributed by atoms with Gasteiger partial charge in [0.2, 0.25) is 5.95 Å². The Morgan fingerprint density at radius 1 is 0.893 bits per heavy atom. The highest BCUT2D eigenvalue weighted by molar-refractivity contribution is 6.31. The zero-order valence-corrected chi connectivity index (χ0v) is 16.3. The molecular weight excluding hydrogens is 375 g/mol. The smallest absolute Gasteiger partial charge is 0.225 e. The van der Waals surface area contributed by atoms with Crippen molar-refractivity contribution in [1.29, 1.82) is 0 Å². The first-order valence-corrected chi connectivity index (χ1v) is 9.81. The number of benzene rings is 2. The maximum atomic E-state index is 13.2. The summed E-state index contributed by atoms with van der Waals surface area (Å²) in [5, 5.41) is 0.486. The second kappa shape index (κ2) is 8.67. The van der Waals surface area contributed by atoms with Gasteiger partial charge in [-0.1, -0.05) is 48.0 Å². The Bertz CT molecular complexity index is 910. The molecule has 0 spiro atoms. The van der Waals surface area contributed by atoms with Crippen LogP contribution in [0, 0.1) is 5.82 Å². The molecule has 4 rings (SSSR count). The Hall–Kier alpha value is -2.50. The van der Waals surface area contributed by atoms with Crippen molar-refractivity contribution in [2.45, 2.75) is 13.0 Å². The normalized spacial score (nSPS) is 15.0. The van der Waals surface area contributed by atoms with E-state index < -0.39 is 0 Å². The average molecular weight is 397 g/mol. The van der Waals surface area contributed by atoms with Gasteiger partial charge in [0.15, 0.2) is 0 Å². The van der Waals surface area contributed by atoms with E-state index in [2.05, 4.69) is 31.9 Å². The lowest BCUT2D eigenvalue weighted by Crippen LogP contribution is -2.46. The van der Waals surface area contributed by atoms with Gasteiger partial charge in [-0.25, -0.2) is 14.4 Å². The number of hydrogen-bond donors (Lipinski definition) is 0. The molecule has 0 radical (unpaired) electrons. The van der Waals surface area contributed by atoms with Crippen LogP contribution in [0.25, 0.3) is 0 Å². The molecule has 0 aliphatic carbocycles. The highest BCUT2D eigenvalue weighted by atomic mass is 35.5. The number of halogens is 2. The Kier molecular flexibility index (Phi) is 5.84. The third kappa shape index (κ3) is 4.66. The summed E-state index contributed by atoms with van der Waals surface area (Å²) in [6.45, 7) is 4.23. The molecule has 2 heterocycles. The van der Waals surface area contributed by atoms with Gasteiger partial charge in [-0.2, -0.15) is 0 Å². The van der Waals surface area contributed by atoms with Crippen LogP contribution in [0.15, 0.2) is 60.9 Å². The van der Waals surface area contributed by atoms with Crippen molar-refractivity contribution < 1.29 is 4.39 Å². The summed E-state index contributed by atoms with van der Waals surface area (Å²) in [4.78, 5) is 13.7. The van der Waals surface area contributed by atoms with E-state index in [0.717, 1.165) is 56.2 Å². The summed E-state index contributed by atoms with van der Waals surface area (Å²) < 4.78 is 13.2. The van der Waals surface area contributed by atoms with E-state index in [9.17, 15) is 4.39 Å². The fourth-order valence-corrected chi connectivity index (χ4v) is 3.66. The number of hydrogen-bond acceptors (Lipinski definition) is 4. The van der Waals surface area contributed by atoms with Crippen LogP contribution in [0.1, 0.15) is 16.7 Å². The fraction of sp³-hybridized carbons (Fsp3) is 0.273. The minimum atomic E-state index is -0.300. The van der Waals surface area contributed by atoms with Crippen LogP contribution >= 0.6 is 11.6 Å². The Morgan fingerprint density at radius 3 is 2.29 bits per heavy atom. The molecule has 4 nitrogen and oxygen atoms in total. The van der Waals surface area contributed by atoms with Gasteiger partial charge in [0.1, 0.15) is 5.82 Å². The Morgan fingerprint density at radius 2 is 1.61 bits per heavy atom. The Balaban J connectivity index is 1.32. The van der Waals surface area contributed by atoms with Crippen molar-refractivity contribution in [2.75, 3.05) is 31.1 Å². The molecule has 0 atom stereocenters. The van der Waals surface area contributed by atoms with Gasteiger partial charge in [0, 0.05) is 56.6 Å². The molecule has 0 amide bonds. The van der Waals surface area contributed by atoms with E-state index in [0.29, 0.717) is 5.02 Å². The van der Waals surface area contributed by atoms with Crippen molar-refractivity contribution in [2.24, 2.45) is 0 Å². The summed E-state index contributed by atoms with van der Waals surface area (Å²) in [5.74, 6) is 0.475. The molecular formula is C22H22ClFN4. The second-order valence-corrected chi connectivity index (χ2v) is 7.46. The van der Waals surface area contributed by atoms with Crippen molar-refractivity contribution in [3.05, 3.63) is 88.5 Å². The van der Waals surface area contributed by atoms with Gasteiger partial charge in [-0.15, -0.1) is 0 Å². The SMILES string of the molecule is Fc1ccc(CN2CCN(c3ncc(Cc4ccccc4)cn3)CC2)c(Cl)c1. The van der Waals surface area contributed by atoms with Crippen LogP contribution < -0.4 is 4.90 Å². The summed E-state index contributed by atoms with van der Waals surface area (Å²) in [5.41, 5.74) is 3.32. The number of anilines is 1. The van der Waals surface area contributed by atoms with Gasteiger partial charge in [0.05, 0.1) is 0 Å². The minimum absolute atomic E-state index is 0.300. The number of aromatic nitrogens is 2. The van der Waals surface area contributed by atoms with Crippen LogP contribution in [0.4, 0.5) is 10.3 Å². The van der Waals surface area contributed by atoms with Crippen molar-refractivity contribution in [1.82, 2.24) is 14.9 Å². The highest BCUT2D eigenvalue weighted by Gasteiger charge is 2.19. The van der Waals surface area contributed by atoms with Crippen LogP contribution in [0.3, 0.4) is 0 Å². The largest absolute Gasteiger partial charge is 0.338 e. The Labute approximate surface area is 169 Å². The quantitative estimate of drug-likeness (QED) is 0.647. The molecule has 0 N–H and O–H groups in total. The number of rotatable bonds is 5. The summed E-state index contributed by atoms with van der Waals surface area (Å²) in [6.07, 6.45) is 4.67. The van der Waals surface area contributed by atoms with Crippen molar-refractivity contribution in [3.63, 3.8) is 0 Å². The van der Waals surface area contributed by atoms with Gasteiger partial charge in [-0.3, -0.25) is 4.90 Å². The van der Waals surface area contributed by atoms with Gasteiger partial charge in [-0.05, 0) is 28.8 Å². The molecule has 1 aliphatic heterocycles. The first kappa shape index (κ1) is 18.8. The molecule has 1 fully saturated rings. The summed E-state index contributed by atoms with van der Waals surface area (Å²) in [6, 6.07) is 14.9. The highest BCUT2D eigenvalue weighted by Crippen LogP contribution is 2.20. The molecule has 1 saturated heterocycles. The van der Waals surface area contributed by atoms with Crippen LogP contribution in [-0.2, 0) is 13.0 Å².